The van der Waals surface area contributed by atoms with Crippen molar-refractivity contribution in [3.63, 3.8) is 0 Å². The molecule has 1 aromatic heterocycles. The molecule has 1 heterocycles. The summed E-state index contributed by atoms with van der Waals surface area (Å²) in [5.41, 5.74) is 4.27. The first-order valence-corrected chi connectivity index (χ1v) is 11.3. The van der Waals surface area contributed by atoms with Crippen molar-refractivity contribution in [2.45, 2.75) is 5.16 Å². The average Bonchev–Trinajstić information content (AvgIpc) is 2.84. The third-order valence-corrected chi connectivity index (χ3v) is 5.87. The Labute approximate surface area is 199 Å². The summed E-state index contributed by atoms with van der Waals surface area (Å²) >= 11 is 7.02. The fourth-order valence-electron chi connectivity index (χ4n) is 3.06. The molecule has 0 aliphatic heterocycles. The Balaban J connectivity index is 1.56. The van der Waals surface area contributed by atoms with E-state index in [1.807, 2.05) is 6.07 Å². The highest BCUT2D eigenvalue weighted by molar-refractivity contribution is 7.99. The molecule has 3 aromatic carbocycles. The number of amides is 1. The third kappa shape index (κ3) is 5.42. The Morgan fingerprint density at radius 3 is 2.58 bits per heavy atom. The first kappa shape index (κ1) is 22.6. The molecule has 0 aliphatic rings. The highest BCUT2D eigenvalue weighted by atomic mass is 35.5. The van der Waals surface area contributed by atoms with Crippen LogP contribution < -0.4 is 15.7 Å². The van der Waals surface area contributed by atoms with E-state index in [2.05, 4.69) is 15.5 Å². The van der Waals surface area contributed by atoms with Crippen LogP contribution in [0, 0.1) is 0 Å². The van der Waals surface area contributed by atoms with E-state index >= 15 is 0 Å². The van der Waals surface area contributed by atoms with Gasteiger partial charge in [0, 0.05) is 5.02 Å². The van der Waals surface area contributed by atoms with Crippen LogP contribution in [0.25, 0.3) is 16.6 Å². The minimum atomic E-state index is -0.325. The zero-order valence-electron chi connectivity index (χ0n) is 17.6. The summed E-state index contributed by atoms with van der Waals surface area (Å²) in [4.78, 5) is 30.2. The lowest BCUT2D eigenvalue weighted by Crippen LogP contribution is -2.24. The molecule has 0 saturated heterocycles. The number of rotatable bonds is 7. The Kier molecular flexibility index (Phi) is 7.07. The van der Waals surface area contributed by atoms with Crippen LogP contribution in [0.4, 0.5) is 0 Å². The Morgan fingerprint density at radius 1 is 1.12 bits per heavy atom. The molecular weight excluding hydrogens is 460 g/mol. The van der Waals surface area contributed by atoms with Crippen molar-refractivity contribution in [3.05, 3.63) is 93.7 Å². The molecule has 0 fully saturated rings. The smallest absolute Gasteiger partial charge is 0.266 e. The number of carbonyl (C=O) groups excluding carboxylic acids is 1. The van der Waals surface area contributed by atoms with E-state index in [0.717, 1.165) is 17.3 Å². The Bertz CT molecular complexity index is 1370. The fraction of sp³-hybridized carbons (Fsp3) is 0.0833. The Hall–Kier alpha value is -3.62. The highest BCUT2D eigenvalue weighted by Gasteiger charge is 2.15. The predicted octanol–water partition coefficient (Wildman–Crippen LogP) is 4.29. The van der Waals surface area contributed by atoms with E-state index in [0.29, 0.717) is 32.5 Å². The van der Waals surface area contributed by atoms with E-state index in [1.54, 1.807) is 73.8 Å². The number of hydrogen-bond acceptors (Lipinski definition) is 6. The molecule has 0 bridgehead atoms. The molecule has 0 unspecified atom stereocenters. The number of para-hydroxylation sites is 1. The summed E-state index contributed by atoms with van der Waals surface area (Å²) in [6.07, 6.45) is 1.53. The van der Waals surface area contributed by atoms with Gasteiger partial charge in [0.25, 0.3) is 11.5 Å². The van der Waals surface area contributed by atoms with Gasteiger partial charge in [-0.15, -0.1) is 0 Å². The van der Waals surface area contributed by atoms with E-state index in [9.17, 15) is 9.59 Å². The summed E-state index contributed by atoms with van der Waals surface area (Å²) in [6, 6.07) is 21.3. The molecule has 4 aromatic rings. The first-order valence-electron chi connectivity index (χ1n) is 9.91. The van der Waals surface area contributed by atoms with Crippen molar-refractivity contribution in [2.75, 3.05) is 12.9 Å². The van der Waals surface area contributed by atoms with Gasteiger partial charge in [0.1, 0.15) is 5.75 Å². The van der Waals surface area contributed by atoms with Gasteiger partial charge >= 0.3 is 0 Å². The largest absolute Gasteiger partial charge is 0.497 e. The van der Waals surface area contributed by atoms with Gasteiger partial charge in [-0.1, -0.05) is 47.6 Å². The standard InChI is InChI=1S/C24H19ClN4O3S/c1-32-19-12-10-18(11-13-19)29-23(31)20-4-2-3-5-21(20)27-24(29)33-15-22(30)28-26-14-16-6-8-17(25)9-7-16/h2-14H,15H2,1H3,(H,28,30). The van der Waals surface area contributed by atoms with E-state index in [-0.39, 0.29) is 17.2 Å². The molecule has 1 amide bonds. The zero-order chi connectivity index (χ0) is 23.2. The van der Waals surface area contributed by atoms with Crippen LogP contribution in [0.2, 0.25) is 5.02 Å². The van der Waals surface area contributed by atoms with E-state index in [1.165, 1.54) is 10.8 Å². The SMILES string of the molecule is COc1ccc(-n2c(SCC(=O)NN=Cc3ccc(Cl)cc3)nc3ccccc3c2=O)cc1. The topological polar surface area (TPSA) is 85.6 Å². The minimum Gasteiger partial charge on any atom is -0.497 e. The lowest BCUT2D eigenvalue weighted by Gasteiger charge is -2.13. The molecule has 0 aliphatic carbocycles. The van der Waals surface area contributed by atoms with Crippen LogP contribution in [0.3, 0.4) is 0 Å². The zero-order valence-corrected chi connectivity index (χ0v) is 19.1. The minimum absolute atomic E-state index is 0.0267. The lowest BCUT2D eigenvalue weighted by atomic mass is 10.2. The number of nitrogens with zero attached hydrogens (tertiary/aromatic N) is 3. The number of fused-ring (bicyclic) bond motifs is 1. The number of thioether (sulfide) groups is 1. The number of halogens is 1. The van der Waals surface area contributed by atoms with Gasteiger partial charge in [0.15, 0.2) is 5.16 Å². The third-order valence-electron chi connectivity index (χ3n) is 4.68. The van der Waals surface area contributed by atoms with Gasteiger partial charge < -0.3 is 4.74 Å². The summed E-state index contributed by atoms with van der Waals surface area (Å²) in [5.74, 6) is 0.375. The normalized spacial score (nSPS) is 11.1. The molecule has 7 nitrogen and oxygen atoms in total. The van der Waals surface area contributed by atoms with Crippen molar-refractivity contribution in [1.82, 2.24) is 15.0 Å². The summed E-state index contributed by atoms with van der Waals surface area (Å²) in [5, 5.41) is 5.49. The van der Waals surface area contributed by atoms with E-state index < -0.39 is 0 Å². The average molecular weight is 479 g/mol. The van der Waals surface area contributed by atoms with Crippen LogP contribution in [0.15, 0.2) is 87.8 Å². The quantitative estimate of drug-likeness (QED) is 0.185. The second-order valence-electron chi connectivity index (χ2n) is 6.88. The van der Waals surface area contributed by atoms with Crippen LogP contribution >= 0.6 is 23.4 Å². The molecule has 0 radical (unpaired) electrons. The summed E-state index contributed by atoms with van der Waals surface area (Å²) < 4.78 is 6.71. The van der Waals surface area contributed by atoms with Crippen molar-refractivity contribution in [3.8, 4) is 11.4 Å². The Morgan fingerprint density at radius 2 is 1.85 bits per heavy atom. The fourth-order valence-corrected chi connectivity index (χ4v) is 3.99. The summed E-state index contributed by atoms with van der Waals surface area (Å²) in [7, 11) is 1.58. The number of hydrazone groups is 1. The summed E-state index contributed by atoms with van der Waals surface area (Å²) in [6.45, 7) is 0. The molecule has 0 spiro atoms. The van der Waals surface area contributed by atoms with Crippen LogP contribution in [0.5, 0.6) is 5.75 Å². The molecule has 0 atom stereocenters. The highest BCUT2D eigenvalue weighted by Crippen LogP contribution is 2.22. The number of carbonyl (C=O) groups is 1. The van der Waals surface area contributed by atoms with Crippen molar-refractivity contribution in [2.24, 2.45) is 5.10 Å². The first-order chi connectivity index (χ1) is 16.0. The molecule has 1 N–H and O–H groups in total. The van der Waals surface area contributed by atoms with Crippen molar-refractivity contribution < 1.29 is 9.53 Å². The number of methoxy groups -OCH3 is 1. The molecule has 4 rings (SSSR count). The molecule has 33 heavy (non-hydrogen) atoms. The number of aromatic nitrogens is 2. The molecule has 9 heteroatoms. The van der Waals surface area contributed by atoms with Crippen LogP contribution in [0.1, 0.15) is 5.56 Å². The second kappa shape index (κ2) is 10.3. The molecule has 0 saturated carbocycles. The van der Waals surface area contributed by atoms with Gasteiger partial charge in [0.2, 0.25) is 0 Å². The van der Waals surface area contributed by atoms with Crippen molar-refractivity contribution in [1.29, 1.82) is 0 Å². The number of hydrogen-bond donors (Lipinski definition) is 1. The van der Waals surface area contributed by atoms with Crippen LogP contribution in [-0.2, 0) is 4.79 Å². The lowest BCUT2D eigenvalue weighted by molar-refractivity contribution is -0.118. The van der Waals surface area contributed by atoms with Crippen LogP contribution in [-0.4, -0.2) is 34.5 Å². The maximum atomic E-state index is 13.2. The van der Waals surface area contributed by atoms with Crippen molar-refractivity contribution >= 4 is 46.4 Å². The van der Waals surface area contributed by atoms with Gasteiger partial charge in [0.05, 0.1) is 35.7 Å². The van der Waals surface area contributed by atoms with Gasteiger partial charge in [-0.2, -0.15) is 5.10 Å². The second-order valence-corrected chi connectivity index (χ2v) is 8.26. The number of ether oxygens (including phenoxy) is 1. The predicted molar refractivity (Wildman–Crippen MR) is 132 cm³/mol. The van der Waals surface area contributed by atoms with Gasteiger partial charge in [-0.25, -0.2) is 10.4 Å². The van der Waals surface area contributed by atoms with E-state index in [4.69, 9.17) is 16.3 Å². The molecular formula is C24H19ClN4O3S. The number of nitrogens with one attached hydrogen (secondary N) is 1. The monoisotopic (exact) mass is 478 g/mol. The van der Waals surface area contributed by atoms with Gasteiger partial charge in [-0.05, 0) is 54.1 Å². The van der Waals surface area contributed by atoms with Gasteiger partial charge in [-0.3, -0.25) is 14.2 Å². The maximum absolute atomic E-state index is 13.2. The maximum Gasteiger partial charge on any atom is 0.266 e. The molecule has 166 valence electrons. The number of benzene rings is 3.